The fraction of sp³-hybridized carbons (Fsp3) is 0.333. The number of imidazole rings is 1. The predicted molar refractivity (Wildman–Crippen MR) is 130 cm³/mol. The van der Waals surface area contributed by atoms with Gasteiger partial charge in [-0.2, -0.15) is 13.2 Å². The number of amides is 2. The van der Waals surface area contributed by atoms with Crippen LogP contribution in [0.15, 0.2) is 48.5 Å². The number of halogens is 3. The molecule has 0 spiro atoms. The Kier molecular flexibility index (Phi) is 8.44. The fourth-order valence-corrected chi connectivity index (χ4v) is 5.07. The van der Waals surface area contributed by atoms with E-state index in [-0.39, 0.29) is 24.3 Å². The number of hydrogen-bond donors (Lipinski definition) is 4. The molecule has 4 rings (SSSR count). The minimum atomic E-state index is -5.08. The van der Waals surface area contributed by atoms with Crippen molar-refractivity contribution in [3.63, 3.8) is 0 Å². The summed E-state index contributed by atoms with van der Waals surface area (Å²) in [6.45, 7) is 3.66. The molecule has 0 aliphatic carbocycles. The summed E-state index contributed by atoms with van der Waals surface area (Å²) in [5.74, 6) is -2.84. The summed E-state index contributed by atoms with van der Waals surface area (Å²) >= 11 is 0. The Morgan fingerprint density at radius 1 is 1.13 bits per heavy atom. The average molecular weight is 555 g/mol. The van der Waals surface area contributed by atoms with Crippen LogP contribution in [0.2, 0.25) is 0 Å². The third kappa shape index (κ3) is 7.09. The summed E-state index contributed by atoms with van der Waals surface area (Å²) in [7, 11) is -3.68. The maximum Gasteiger partial charge on any atom is 0.490 e. The molecule has 1 unspecified atom stereocenters. The van der Waals surface area contributed by atoms with E-state index in [0.29, 0.717) is 17.8 Å². The lowest BCUT2D eigenvalue weighted by Crippen LogP contribution is -2.33. The summed E-state index contributed by atoms with van der Waals surface area (Å²) < 4.78 is 58.0. The molecule has 1 saturated heterocycles. The third-order valence-corrected chi connectivity index (χ3v) is 7.31. The van der Waals surface area contributed by atoms with E-state index in [2.05, 4.69) is 15.3 Å². The number of alkyl halides is 3. The summed E-state index contributed by atoms with van der Waals surface area (Å²) in [4.78, 5) is 40.7. The Balaban J connectivity index is 0.000000505. The summed E-state index contributed by atoms with van der Waals surface area (Å²) in [6.07, 6.45) is -4.68. The van der Waals surface area contributed by atoms with Crippen LogP contribution in [0.25, 0.3) is 11.0 Å². The third-order valence-electron chi connectivity index (χ3n) is 5.61. The summed E-state index contributed by atoms with van der Waals surface area (Å²) in [5.41, 5.74) is 3.18. The largest absolute Gasteiger partial charge is 0.490 e. The number of sulfonamides is 1. The van der Waals surface area contributed by atoms with Gasteiger partial charge in [0, 0.05) is 5.92 Å². The van der Waals surface area contributed by atoms with Crippen LogP contribution in [0, 0.1) is 5.92 Å². The van der Waals surface area contributed by atoms with Gasteiger partial charge in [-0.1, -0.05) is 50.2 Å². The number of rotatable bonds is 6. The Morgan fingerprint density at radius 2 is 1.74 bits per heavy atom. The highest BCUT2D eigenvalue weighted by Gasteiger charge is 2.38. The van der Waals surface area contributed by atoms with E-state index in [4.69, 9.17) is 9.90 Å². The van der Waals surface area contributed by atoms with Gasteiger partial charge in [0.05, 0.1) is 23.5 Å². The van der Waals surface area contributed by atoms with Crippen molar-refractivity contribution in [3.8, 4) is 0 Å². The molecular weight excluding hydrogens is 529 g/mol. The number of nitrogens with one attached hydrogen (secondary N) is 3. The fourth-order valence-electron chi connectivity index (χ4n) is 3.64. The molecule has 1 aliphatic rings. The molecule has 1 aliphatic heterocycles. The maximum atomic E-state index is 12.4. The van der Waals surface area contributed by atoms with E-state index in [1.165, 1.54) is 0 Å². The van der Waals surface area contributed by atoms with Crippen molar-refractivity contribution in [1.82, 2.24) is 20.0 Å². The van der Waals surface area contributed by atoms with Crippen molar-refractivity contribution in [2.45, 2.75) is 44.2 Å². The van der Waals surface area contributed by atoms with Crippen LogP contribution in [-0.4, -0.2) is 47.5 Å². The number of nitrogens with zero attached hydrogens (tertiary/aromatic N) is 1. The van der Waals surface area contributed by atoms with E-state index < -0.39 is 33.3 Å². The van der Waals surface area contributed by atoms with E-state index in [1.54, 1.807) is 12.1 Å². The molecule has 10 nitrogen and oxygen atoms in total. The van der Waals surface area contributed by atoms with Crippen molar-refractivity contribution >= 4 is 38.8 Å². The molecule has 0 bridgehead atoms. The van der Waals surface area contributed by atoms with Gasteiger partial charge < -0.3 is 15.4 Å². The minimum absolute atomic E-state index is 0.0757. The Bertz CT molecular complexity index is 1400. The minimum Gasteiger partial charge on any atom is -0.475 e. The number of benzene rings is 2. The van der Waals surface area contributed by atoms with E-state index in [0.717, 1.165) is 16.6 Å². The number of carbonyl (C=O) groups excluding carboxylic acids is 2. The monoisotopic (exact) mass is 554 g/mol. The first-order valence-corrected chi connectivity index (χ1v) is 12.9. The highest BCUT2D eigenvalue weighted by atomic mass is 32.2. The lowest BCUT2D eigenvalue weighted by Gasteiger charge is -2.19. The van der Waals surface area contributed by atoms with Gasteiger partial charge in [-0.15, -0.1) is 0 Å². The highest BCUT2D eigenvalue weighted by molar-refractivity contribution is 7.90. The van der Waals surface area contributed by atoms with Crippen LogP contribution in [0.5, 0.6) is 0 Å². The molecule has 204 valence electrons. The quantitative estimate of drug-likeness (QED) is 0.364. The smallest absolute Gasteiger partial charge is 0.475 e. The van der Waals surface area contributed by atoms with E-state index in [9.17, 15) is 31.2 Å². The molecule has 3 aromatic rings. The molecule has 0 radical (unpaired) electrons. The molecule has 1 fully saturated rings. The second-order valence-corrected chi connectivity index (χ2v) is 10.7. The van der Waals surface area contributed by atoms with Crippen LogP contribution in [0.3, 0.4) is 0 Å². The molecule has 0 saturated carbocycles. The van der Waals surface area contributed by atoms with Crippen LogP contribution >= 0.6 is 0 Å². The second-order valence-electron chi connectivity index (χ2n) is 8.87. The Labute approximate surface area is 215 Å². The zero-order valence-corrected chi connectivity index (χ0v) is 21.1. The van der Waals surface area contributed by atoms with Crippen molar-refractivity contribution < 1.29 is 41.1 Å². The molecule has 38 heavy (non-hydrogen) atoms. The van der Waals surface area contributed by atoms with Gasteiger partial charge in [-0.25, -0.2) is 18.2 Å². The number of carboxylic acid groups (broad SMARTS) is 1. The number of carboxylic acids is 1. The number of aliphatic carboxylic acids is 1. The van der Waals surface area contributed by atoms with Gasteiger partial charge in [0.15, 0.2) is 0 Å². The summed E-state index contributed by atoms with van der Waals surface area (Å²) in [6, 6.07) is 14.4. The Morgan fingerprint density at radius 3 is 2.24 bits per heavy atom. The van der Waals surface area contributed by atoms with Crippen molar-refractivity contribution in [1.29, 1.82) is 0 Å². The lowest BCUT2D eigenvalue weighted by molar-refractivity contribution is -0.192. The number of aromatic nitrogens is 2. The van der Waals surface area contributed by atoms with Gasteiger partial charge in [-0.3, -0.25) is 14.3 Å². The number of para-hydroxylation sites is 2. The molecular formula is C24H25F3N4O6S. The van der Waals surface area contributed by atoms with Crippen molar-refractivity contribution in [2.24, 2.45) is 5.92 Å². The second kappa shape index (κ2) is 11.2. The Hall–Kier alpha value is -3.94. The molecule has 1 aromatic heterocycles. The van der Waals surface area contributed by atoms with Crippen LogP contribution in [0.1, 0.15) is 48.5 Å². The zero-order chi connectivity index (χ0) is 28.3. The maximum absolute atomic E-state index is 12.4. The van der Waals surface area contributed by atoms with Gasteiger partial charge in [-0.05, 0) is 29.7 Å². The van der Waals surface area contributed by atoms with Crippen LogP contribution in [-0.2, 0) is 30.8 Å². The van der Waals surface area contributed by atoms with Gasteiger partial charge in [0.25, 0.3) is 0 Å². The van der Waals surface area contributed by atoms with E-state index in [1.807, 2.05) is 55.0 Å². The lowest BCUT2D eigenvalue weighted by atomic mass is 10.0. The number of hydrogen-bond acceptors (Lipinski definition) is 6. The van der Waals surface area contributed by atoms with Gasteiger partial charge in [0.2, 0.25) is 21.8 Å². The van der Waals surface area contributed by atoms with Crippen molar-refractivity contribution in [3.05, 3.63) is 65.5 Å². The molecule has 2 aromatic carbocycles. The number of fused-ring (bicyclic) bond motifs is 1. The van der Waals surface area contributed by atoms with Crippen molar-refractivity contribution in [2.75, 3.05) is 0 Å². The first-order chi connectivity index (χ1) is 17.7. The molecule has 2 atom stereocenters. The molecule has 14 heteroatoms. The van der Waals surface area contributed by atoms with Gasteiger partial charge in [0.1, 0.15) is 11.1 Å². The number of H-pyrrole nitrogens is 1. The van der Waals surface area contributed by atoms with Crippen LogP contribution < -0.4 is 10.0 Å². The SMILES string of the molecule is CC(C)C(=O)N[C@@H](Cc1ccc(C2CC(=O)NS2(=O)=O)cc1)c1nc2ccccc2[nH]1.O=C(O)C(F)(F)F. The number of carbonyl (C=O) groups is 3. The predicted octanol–water partition coefficient (Wildman–Crippen LogP) is 3.14. The highest BCUT2D eigenvalue weighted by Crippen LogP contribution is 2.30. The topological polar surface area (TPSA) is 158 Å². The molecule has 2 amide bonds. The average Bonchev–Trinajstić information content (AvgIpc) is 3.38. The first kappa shape index (κ1) is 28.6. The van der Waals surface area contributed by atoms with Crippen LogP contribution in [0.4, 0.5) is 13.2 Å². The van der Waals surface area contributed by atoms with Gasteiger partial charge >= 0.3 is 12.1 Å². The number of aromatic amines is 1. The van der Waals surface area contributed by atoms with E-state index >= 15 is 0 Å². The zero-order valence-electron chi connectivity index (χ0n) is 20.2. The summed E-state index contributed by atoms with van der Waals surface area (Å²) in [5, 5.41) is 9.30. The molecule has 2 heterocycles. The molecule has 4 N–H and O–H groups in total. The normalized spacial score (nSPS) is 17.4. The standard InChI is InChI=1S/C22H24N4O4S.C2HF3O2/c1-13(2)22(28)25-18(21-23-16-5-3-4-6-17(16)24-21)11-14-7-9-15(10-8-14)19-12-20(27)26-31(19,29)30;3-2(4,5)1(6)7/h3-10,13,18-19H,11-12H2,1-2H3,(H,23,24)(H,25,28)(H,26,27);(H,6,7)/t18-,19?;/m0./s1. The first-order valence-electron chi connectivity index (χ1n) is 11.4.